The molecule has 1 aliphatic heterocycles. The first kappa shape index (κ1) is 22.0. The maximum atomic E-state index is 12.1. The maximum absolute atomic E-state index is 12.1. The first-order chi connectivity index (χ1) is 13.1. The predicted octanol–water partition coefficient (Wildman–Crippen LogP) is 2.51. The van der Waals surface area contributed by atoms with E-state index in [0.717, 1.165) is 0 Å². The molecule has 0 spiro atoms. The van der Waals surface area contributed by atoms with Crippen LogP contribution in [0.2, 0.25) is 5.02 Å². The zero-order valence-corrected chi connectivity index (χ0v) is 17.2. The van der Waals surface area contributed by atoms with Gasteiger partial charge in [0.05, 0.1) is 29.5 Å². The first-order valence-electron chi connectivity index (χ1n) is 8.89. The van der Waals surface area contributed by atoms with Crippen LogP contribution in [0.5, 0.6) is 0 Å². The molecule has 0 aromatic heterocycles. The van der Waals surface area contributed by atoms with Gasteiger partial charge >= 0.3 is 12.1 Å². The van der Waals surface area contributed by atoms with Gasteiger partial charge in [0, 0.05) is 26.2 Å². The van der Waals surface area contributed by atoms with Crippen molar-refractivity contribution in [2.75, 3.05) is 32.1 Å². The van der Waals surface area contributed by atoms with Gasteiger partial charge in [-0.15, -0.1) is 0 Å². The van der Waals surface area contributed by atoms with E-state index in [2.05, 4.69) is 16.7 Å². The Balaban J connectivity index is 2.28. The number of rotatable bonds is 4. The minimum Gasteiger partial charge on any atom is -0.468 e. The van der Waals surface area contributed by atoms with Gasteiger partial charge in [0.1, 0.15) is 11.6 Å². The Kier molecular flexibility index (Phi) is 7.24. The van der Waals surface area contributed by atoms with E-state index in [1.807, 2.05) is 4.90 Å². The molecule has 1 fully saturated rings. The van der Waals surface area contributed by atoms with E-state index in [0.29, 0.717) is 42.3 Å². The molecule has 0 aliphatic carbocycles. The zero-order chi connectivity index (χ0) is 20.9. The standard InChI is InChI=1S/C19H25ClN4O4/c1-19(2,3)28-18(26)23-14-8-12(9-21)7-13(16(14)20)11-24-6-5-22-10-15(24)17(25)27-4/h7-8,15,22H,5-6,10-11H2,1-4H3,(H,23,26). The van der Waals surface area contributed by atoms with Crippen molar-refractivity contribution in [2.45, 2.75) is 39.0 Å². The third kappa shape index (κ3) is 5.83. The Hall–Kier alpha value is -2.34. The molecule has 9 heteroatoms. The third-order valence-corrected chi connectivity index (χ3v) is 4.56. The second kappa shape index (κ2) is 9.24. The molecule has 1 amide bonds. The highest BCUT2D eigenvalue weighted by atomic mass is 35.5. The highest BCUT2D eigenvalue weighted by Crippen LogP contribution is 2.30. The molecule has 28 heavy (non-hydrogen) atoms. The molecule has 1 saturated heterocycles. The minimum absolute atomic E-state index is 0.287. The molecule has 2 rings (SSSR count). The van der Waals surface area contributed by atoms with Crippen molar-refractivity contribution in [3.63, 3.8) is 0 Å². The van der Waals surface area contributed by atoms with Gasteiger partial charge in [-0.2, -0.15) is 5.26 Å². The highest BCUT2D eigenvalue weighted by Gasteiger charge is 2.30. The lowest BCUT2D eigenvalue weighted by molar-refractivity contribution is -0.147. The molecule has 1 atom stereocenters. The van der Waals surface area contributed by atoms with Crippen LogP contribution in [0.1, 0.15) is 31.9 Å². The number of nitrogens with one attached hydrogen (secondary N) is 2. The minimum atomic E-state index is -0.666. The molecular weight excluding hydrogens is 384 g/mol. The molecule has 152 valence electrons. The van der Waals surface area contributed by atoms with Gasteiger partial charge in [-0.3, -0.25) is 15.0 Å². The summed E-state index contributed by atoms with van der Waals surface area (Å²) in [4.78, 5) is 26.1. The third-order valence-electron chi connectivity index (χ3n) is 4.11. The SMILES string of the molecule is COC(=O)C1CNCCN1Cc1cc(C#N)cc(NC(=O)OC(C)(C)C)c1Cl. The number of carbonyl (C=O) groups is 2. The van der Waals surface area contributed by atoms with Gasteiger partial charge in [-0.05, 0) is 38.5 Å². The summed E-state index contributed by atoms with van der Waals surface area (Å²) in [6.07, 6.45) is -0.662. The second-order valence-corrected chi connectivity index (χ2v) is 7.83. The predicted molar refractivity (Wildman–Crippen MR) is 105 cm³/mol. The molecule has 1 unspecified atom stereocenters. The van der Waals surface area contributed by atoms with E-state index < -0.39 is 17.7 Å². The maximum Gasteiger partial charge on any atom is 0.412 e. The van der Waals surface area contributed by atoms with Crippen LogP contribution in [0, 0.1) is 11.3 Å². The number of piperazine rings is 1. The molecule has 1 aromatic carbocycles. The number of benzene rings is 1. The van der Waals surface area contributed by atoms with Crippen LogP contribution >= 0.6 is 11.6 Å². The number of esters is 1. The van der Waals surface area contributed by atoms with Crippen LogP contribution in [0.3, 0.4) is 0 Å². The molecule has 0 bridgehead atoms. The molecule has 1 heterocycles. The van der Waals surface area contributed by atoms with Crippen molar-refractivity contribution in [3.05, 3.63) is 28.3 Å². The topological polar surface area (TPSA) is 104 Å². The summed E-state index contributed by atoms with van der Waals surface area (Å²) < 4.78 is 10.1. The molecule has 0 radical (unpaired) electrons. The first-order valence-corrected chi connectivity index (χ1v) is 9.27. The number of ether oxygens (including phenoxy) is 2. The van der Waals surface area contributed by atoms with Crippen molar-refractivity contribution < 1.29 is 19.1 Å². The van der Waals surface area contributed by atoms with Crippen LogP contribution in [0.15, 0.2) is 12.1 Å². The van der Waals surface area contributed by atoms with E-state index >= 15 is 0 Å². The summed E-state index contributed by atoms with van der Waals surface area (Å²) in [5.41, 5.74) is 0.591. The van der Waals surface area contributed by atoms with Crippen molar-refractivity contribution in [1.82, 2.24) is 10.2 Å². The molecule has 1 aromatic rings. The Morgan fingerprint density at radius 3 is 2.75 bits per heavy atom. The van der Waals surface area contributed by atoms with Crippen LogP contribution in [-0.4, -0.2) is 55.3 Å². The van der Waals surface area contributed by atoms with Crippen molar-refractivity contribution in [1.29, 1.82) is 5.26 Å². The van der Waals surface area contributed by atoms with Gasteiger partial charge in [0.15, 0.2) is 0 Å². The van der Waals surface area contributed by atoms with Crippen LogP contribution in [-0.2, 0) is 20.8 Å². The number of anilines is 1. The molecule has 2 N–H and O–H groups in total. The fourth-order valence-corrected chi connectivity index (χ4v) is 3.11. The summed E-state index contributed by atoms with van der Waals surface area (Å²) >= 11 is 6.50. The smallest absolute Gasteiger partial charge is 0.412 e. The monoisotopic (exact) mass is 408 g/mol. The lowest BCUT2D eigenvalue weighted by Crippen LogP contribution is -2.54. The van der Waals surface area contributed by atoms with Gasteiger partial charge in [-0.25, -0.2) is 4.79 Å². The molecule has 0 saturated carbocycles. The average molecular weight is 409 g/mol. The molecule has 1 aliphatic rings. The van der Waals surface area contributed by atoms with Gasteiger partial charge in [0.2, 0.25) is 0 Å². The summed E-state index contributed by atoms with van der Waals surface area (Å²) in [6, 6.07) is 4.75. The summed E-state index contributed by atoms with van der Waals surface area (Å²) in [5.74, 6) is -0.341. The Morgan fingerprint density at radius 2 is 2.14 bits per heavy atom. The zero-order valence-electron chi connectivity index (χ0n) is 16.5. The van der Waals surface area contributed by atoms with Crippen LogP contribution < -0.4 is 10.6 Å². The van der Waals surface area contributed by atoms with Gasteiger partial charge in [0.25, 0.3) is 0 Å². The van der Waals surface area contributed by atoms with Gasteiger partial charge < -0.3 is 14.8 Å². The summed E-state index contributed by atoms with van der Waals surface area (Å²) in [5, 5.41) is 15.4. The number of hydrogen-bond acceptors (Lipinski definition) is 7. The fourth-order valence-electron chi connectivity index (χ4n) is 2.89. The normalized spacial score (nSPS) is 17.5. The number of nitrogens with zero attached hydrogens (tertiary/aromatic N) is 2. The highest BCUT2D eigenvalue weighted by molar-refractivity contribution is 6.34. The number of carbonyl (C=O) groups excluding carboxylic acids is 2. The second-order valence-electron chi connectivity index (χ2n) is 7.45. The molecule has 8 nitrogen and oxygen atoms in total. The average Bonchev–Trinajstić information content (AvgIpc) is 2.63. The van der Waals surface area contributed by atoms with Gasteiger partial charge in [-0.1, -0.05) is 11.6 Å². The Morgan fingerprint density at radius 1 is 1.43 bits per heavy atom. The molecular formula is C19H25ClN4O4. The number of hydrogen-bond donors (Lipinski definition) is 2. The van der Waals surface area contributed by atoms with Crippen molar-refractivity contribution in [2.24, 2.45) is 0 Å². The summed E-state index contributed by atoms with van der Waals surface area (Å²) in [7, 11) is 1.35. The largest absolute Gasteiger partial charge is 0.468 e. The van der Waals surface area contributed by atoms with E-state index in [4.69, 9.17) is 21.1 Å². The Labute approximate surface area is 169 Å². The van der Waals surface area contributed by atoms with Crippen LogP contribution in [0.4, 0.5) is 10.5 Å². The van der Waals surface area contributed by atoms with Crippen LogP contribution in [0.25, 0.3) is 0 Å². The van der Waals surface area contributed by atoms with E-state index in [1.54, 1.807) is 26.8 Å². The number of nitriles is 1. The van der Waals surface area contributed by atoms with E-state index in [1.165, 1.54) is 13.2 Å². The van der Waals surface area contributed by atoms with Crippen molar-refractivity contribution in [3.8, 4) is 6.07 Å². The van der Waals surface area contributed by atoms with E-state index in [-0.39, 0.29) is 11.7 Å². The van der Waals surface area contributed by atoms with Crippen molar-refractivity contribution >= 4 is 29.4 Å². The summed E-state index contributed by atoms with van der Waals surface area (Å²) in [6.45, 7) is 7.38. The number of methoxy groups -OCH3 is 1. The Bertz CT molecular complexity index is 785. The van der Waals surface area contributed by atoms with E-state index in [9.17, 15) is 14.9 Å². The number of halogens is 1. The fraction of sp³-hybridized carbons (Fsp3) is 0.526. The lowest BCUT2D eigenvalue weighted by atomic mass is 10.1. The quantitative estimate of drug-likeness (QED) is 0.737. The lowest BCUT2D eigenvalue weighted by Gasteiger charge is -2.34. The number of amides is 1.